The number of alkyl halides is 3. The van der Waals surface area contributed by atoms with Crippen molar-refractivity contribution in [1.82, 2.24) is 5.32 Å². The van der Waals surface area contributed by atoms with Gasteiger partial charge in [0.2, 0.25) is 18.0 Å². The Balaban J connectivity index is 1.29. The van der Waals surface area contributed by atoms with Crippen LogP contribution in [0, 0.1) is 25.6 Å². The van der Waals surface area contributed by atoms with E-state index in [2.05, 4.69) is 10.3 Å². The number of phosphoric acid groups is 1. The van der Waals surface area contributed by atoms with Crippen molar-refractivity contribution in [3.05, 3.63) is 166 Å². The van der Waals surface area contributed by atoms with Crippen LogP contribution in [0.1, 0.15) is 78.5 Å². The zero-order chi connectivity index (χ0) is 49.2. The molecule has 2 unspecified atom stereocenters. The Morgan fingerprint density at radius 3 is 2.01 bits per heavy atom. The van der Waals surface area contributed by atoms with Crippen LogP contribution in [0.25, 0.3) is 0 Å². The minimum Gasteiger partial charge on any atom is -0.444 e. The number of nitrogens with two attached hydrogens (primary N) is 1. The quantitative estimate of drug-likeness (QED) is 0.0437. The fourth-order valence-electron chi connectivity index (χ4n) is 7.87. The maximum absolute atomic E-state index is 16.1. The number of benzodiazepines with no additional fused rings is 1. The van der Waals surface area contributed by atoms with Crippen LogP contribution in [-0.2, 0) is 56.2 Å². The second kappa shape index (κ2) is 22.0. The van der Waals surface area contributed by atoms with E-state index in [1.54, 1.807) is 106 Å². The molecule has 0 spiro atoms. The number of carbonyl (C=O) groups excluding carboxylic acids is 4. The summed E-state index contributed by atoms with van der Waals surface area (Å²) in [5.41, 5.74) is 7.51. The highest BCUT2D eigenvalue weighted by molar-refractivity contribution is 7.48. The van der Waals surface area contributed by atoms with E-state index in [0.717, 1.165) is 16.5 Å². The number of fused-ring (bicyclic) bond motifs is 1. The van der Waals surface area contributed by atoms with Gasteiger partial charge in [0.25, 0.3) is 5.91 Å². The van der Waals surface area contributed by atoms with Gasteiger partial charge >= 0.3 is 20.0 Å². The zero-order valence-corrected chi connectivity index (χ0v) is 38.7. The predicted molar refractivity (Wildman–Crippen MR) is 246 cm³/mol. The standard InChI is InChI=1S/C50H51F4N4O9P/c1-32-25-33(2)43(40(26-32)67-68(63,65-29-34-15-8-5-9-16-34)66-30-35-17-10-6-11-18-35)49(3,4)28-42(60)64-31-58-45-38(21-14-22-39(45)51)44(36-19-12-7-13-20-36)56-46(48(58)62)57-47(61)37(27-41(55)59)23-24-50(52,53)54/h5-22,25-26,37,46H,23-24,27-31H2,1-4H3,(H2,55,59)(H,57,61). The summed E-state index contributed by atoms with van der Waals surface area (Å²) >= 11 is 0. The van der Waals surface area contributed by atoms with Crippen LogP contribution in [0.5, 0.6) is 5.75 Å². The molecule has 358 valence electrons. The molecular formula is C50H51F4N4O9P. The first-order chi connectivity index (χ1) is 32.2. The molecule has 13 nitrogen and oxygen atoms in total. The molecular weight excluding hydrogens is 908 g/mol. The Morgan fingerprint density at radius 2 is 1.44 bits per heavy atom. The van der Waals surface area contributed by atoms with Gasteiger partial charge < -0.3 is 20.3 Å². The normalized spacial score (nSPS) is 14.6. The van der Waals surface area contributed by atoms with Crippen LogP contribution in [0.15, 0.2) is 126 Å². The lowest BCUT2D eigenvalue weighted by molar-refractivity contribution is -0.146. The number of nitrogens with zero attached hydrogens (tertiary/aromatic N) is 2. The molecule has 0 saturated carbocycles. The Bertz CT molecular complexity index is 2640. The summed E-state index contributed by atoms with van der Waals surface area (Å²) in [7, 11) is -4.40. The first kappa shape index (κ1) is 50.7. The fourth-order valence-corrected chi connectivity index (χ4v) is 9.05. The highest BCUT2D eigenvalue weighted by Crippen LogP contribution is 2.53. The van der Waals surface area contributed by atoms with Crippen LogP contribution in [0.4, 0.5) is 23.2 Å². The highest BCUT2D eigenvalue weighted by Gasteiger charge is 2.40. The zero-order valence-electron chi connectivity index (χ0n) is 37.8. The molecule has 0 aromatic heterocycles. The number of carbonyl (C=O) groups is 4. The molecule has 3 N–H and O–H groups in total. The SMILES string of the molecule is Cc1cc(C)c(C(C)(C)CC(=O)OCN2C(=O)C(NC(=O)C(CCC(F)(F)F)CC(N)=O)N=C(c3ccccc3)c3cccc(F)c32)c(OP(=O)(OCc2ccccc2)OCc2ccccc2)c1. The summed E-state index contributed by atoms with van der Waals surface area (Å²) in [6.45, 7) is 5.90. The van der Waals surface area contributed by atoms with E-state index in [0.29, 0.717) is 27.8 Å². The first-order valence-electron chi connectivity index (χ1n) is 21.5. The van der Waals surface area contributed by atoms with Crippen molar-refractivity contribution in [1.29, 1.82) is 0 Å². The number of primary amides is 1. The third kappa shape index (κ3) is 13.5. The third-order valence-corrected chi connectivity index (χ3v) is 12.2. The molecule has 5 aromatic rings. The number of amides is 3. The van der Waals surface area contributed by atoms with Gasteiger partial charge in [-0.05, 0) is 54.7 Å². The van der Waals surface area contributed by atoms with Crippen molar-refractivity contribution in [3.63, 3.8) is 0 Å². The molecule has 3 amide bonds. The number of halogens is 4. The van der Waals surface area contributed by atoms with Gasteiger partial charge in [0.15, 0.2) is 6.73 Å². The number of hydrogen-bond acceptors (Lipinski definition) is 10. The van der Waals surface area contributed by atoms with Crippen LogP contribution < -0.4 is 20.5 Å². The summed E-state index contributed by atoms with van der Waals surface area (Å²) in [6, 6.07) is 33.7. The monoisotopic (exact) mass is 958 g/mol. The predicted octanol–water partition coefficient (Wildman–Crippen LogP) is 9.69. The van der Waals surface area contributed by atoms with Crippen LogP contribution in [0.2, 0.25) is 0 Å². The number of aliphatic imine (C=N–C) groups is 1. The second-order valence-corrected chi connectivity index (χ2v) is 18.5. The lowest BCUT2D eigenvalue weighted by Gasteiger charge is -2.31. The first-order valence-corrected chi connectivity index (χ1v) is 23.0. The molecule has 68 heavy (non-hydrogen) atoms. The molecule has 1 aliphatic heterocycles. The number of benzene rings is 5. The van der Waals surface area contributed by atoms with E-state index in [4.69, 9.17) is 24.0 Å². The molecule has 0 saturated heterocycles. The number of phosphoric ester groups is 1. The maximum atomic E-state index is 16.1. The van der Waals surface area contributed by atoms with Gasteiger partial charge in [0.1, 0.15) is 11.6 Å². The molecule has 2 atom stereocenters. The van der Waals surface area contributed by atoms with Crippen molar-refractivity contribution in [2.75, 3.05) is 11.6 Å². The Morgan fingerprint density at radius 1 is 0.853 bits per heavy atom. The summed E-state index contributed by atoms with van der Waals surface area (Å²) in [4.78, 5) is 59.3. The molecule has 1 aliphatic rings. The third-order valence-electron chi connectivity index (χ3n) is 10.9. The summed E-state index contributed by atoms with van der Waals surface area (Å²) in [6.07, 6.45) is -9.98. The van der Waals surface area contributed by atoms with E-state index in [-0.39, 0.29) is 42.3 Å². The van der Waals surface area contributed by atoms with E-state index >= 15 is 4.39 Å². The number of rotatable bonds is 20. The van der Waals surface area contributed by atoms with Gasteiger partial charge in [0, 0.05) is 40.9 Å². The Kier molecular flexibility index (Phi) is 16.4. The molecule has 1 heterocycles. The van der Waals surface area contributed by atoms with Gasteiger partial charge in [-0.2, -0.15) is 13.2 Å². The average molecular weight is 959 g/mol. The van der Waals surface area contributed by atoms with Gasteiger partial charge in [-0.15, -0.1) is 0 Å². The van der Waals surface area contributed by atoms with Crippen molar-refractivity contribution in [3.8, 4) is 5.75 Å². The van der Waals surface area contributed by atoms with Crippen molar-refractivity contribution >= 4 is 42.9 Å². The van der Waals surface area contributed by atoms with Gasteiger partial charge in [0.05, 0.1) is 31.0 Å². The van der Waals surface area contributed by atoms with Crippen molar-refractivity contribution in [2.24, 2.45) is 16.6 Å². The second-order valence-electron chi connectivity index (χ2n) is 16.9. The molecule has 6 rings (SSSR count). The van der Waals surface area contributed by atoms with Gasteiger partial charge in [-0.3, -0.25) is 33.1 Å². The van der Waals surface area contributed by atoms with Crippen molar-refractivity contribution in [2.45, 2.75) is 84.3 Å². The largest absolute Gasteiger partial charge is 0.530 e. The fraction of sp³-hybridized carbons (Fsp3) is 0.300. The number of ether oxygens (including phenoxy) is 1. The number of hydrogen-bond donors (Lipinski definition) is 2. The lowest BCUT2D eigenvalue weighted by Crippen LogP contribution is -2.50. The maximum Gasteiger partial charge on any atom is 0.530 e. The molecule has 5 aromatic carbocycles. The number of esters is 1. The lowest BCUT2D eigenvalue weighted by atomic mass is 9.78. The highest BCUT2D eigenvalue weighted by atomic mass is 31.2. The van der Waals surface area contributed by atoms with E-state index < -0.39 is 87.0 Å². The minimum absolute atomic E-state index is 0.0237. The van der Waals surface area contributed by atoms with Crippen molar-refractivity contribution < 1.29 is 59.6 Å². The average Bonchev–Trinajstić information content (AvgIpc) is 3.39. The molecule has 18 heteroatoms. The van der Waals surface area contributed by atoms with Gasteiger partial charge in [-0.1, -0.05) is 123 Å². The Hall–Kier alpha value is -6.68. The summed E-state index contributed by atoms with van der Waals surface area (Å²) in [5.74, 6) is -6.60. The minimum atomic E-state index is -4.68. The molecule has 0 bridgehead atoms. The molecule has 0 fully saturated rings. The van der Waals surface area contributed by atoms with Crippen LogP contribution >= 0.6 is 7.82 Å². The van der Waals surface area contributed by atoms with E-state index in [1.807, 2.05) is 25.1 Å². The number of para-hydroxylation sites is 1. The van der Waals surface area contributed by atoms with Crippen LogP contribution in [-0.4, -0.2) is 48.5 Å². The number of aryl methyl sites for hydroxylation is 2. The van der Waals surface area contributed by atoms with E-state index in [9.17, 15) is 36.9 Å². The van der Waals surface area contributed by atoms with Gasteiger partial charge in [-0.25, -0.2) is 13.9 Å². The summed E-state index contributed by atoms with van der Waals surface area (Å²) < 4.78 is 94.3. The topological polar surface area (TPSA) is 176 Å². The Labute approximate surface area is 391 Å². The molecule has 0 radical (unpaired) electrons. The van der Waals surface area contributed by atoms with Crippen LogP contribution in [0.3, 0.4) is 0 Å². The summed E-state index contributed by atoms with van der Waals surface area (Å²) in [5, 5.41) is 2.34. The number of nitrogens with one attached hydrogen (secondary N) is 1. The number of anilines is 1. The van der Waals surface area contributed by atoms with E-state index in [1.165, 1.54) is 12.1 Å². The smallest absolute Gasteiger partial charge is 0.444 e. The molecule has 0 aliphatic carbocycles.